The SMILES string of the molecule is CC(C)(C)NC(=O)c1[c]ccc(Oc2ccccc2)c1. The first-order valence-electron chi connectivity index (χ1n) is 6.51. The van der Waals surface area contributed by atoms with Crippen molar-refractivity contribution in [3.8, 4) is 11.5 Å². The van der Waals surface area contributed by atoms with Crippen molar-refractivity contribution in [1.82, 2.24) is 5.32 Å². The summed E-state index contributed by atoms with van der Waals surface area (Å²) in [5, 5.41) is 2.90. The lowest BCUT2D eigenvalue weighted by molar-refractivity contribution is 0.0919. The summed E-state index contributed by atoms with van der Waals surface area (Å²) >= 11 is 0. The van der Waals surface area contributed by atoms with Crippen molar-refractivity contribution in [3.05, 3.63) is 60.2 Å². The Bertz CT molecular complexity index is 585. The van der Waals surface area contributed by atoms with Crippen LogP contribution in [0.15, 0.2) is 48.5 Å². The van der Waals surface area contributed by atoms with E-state index in [2.05, 4.69) is 11.4 Å². The number of para-hydroxylation sites is 1. The van der Waals surface area contributed by atoms with E-state index in [0.717, 1.165) is 5.75 Å². The van der Waals surface area contributed by atoms with Gasteiger partial charge in [-0.1, -0.05) is 18.2 Å². The van der Waals surface area contributed by atoms with E-state index in [9.17, 15) is 4.79 Å². The molecule has 0 spiro atoms. The number of ether oxygens (including phenoxy) is 1. The molecule has 2 aromatic rings. The van der Waals surface area contributed by atoms with Crippen LogP contribution in [0.25, 0.3) is 0 Å². The van der Waals surface area contributed by atoms with Crippen LogP contribution in [0.5, 0.6) is 11.5 Å². The van der Waals surface area contributed by atoms with E-state index in [0.29, 0.717) is 11.3 Å². The molecule has 0 aliphatic rings. The molecule has 0 heterocycles. The molecule has 3 nitrogen and oxygen atoms in total. The fraction of sp³-hybridized carbons (Fsp3) is 0.235. The van der Waals surface area contributed by atoms with Gasteiger partial charge in [0.2, 0.25) is 0 Å². The molecule has 0 fully saturated rings. The minimum Gasteiger partial charge on any atom is -0.457 e. The molecular weight excluding hydrogens is 250 g/mol. The summed E-state index contributed by atoms with van der Waals surface area (Å²) < 4.78 is 5.70. The summed E-state index contributed by atoms with van der Waals surface area (Å²) in [6, 6.07) is 17.5. The summed E-state index contributed by atoms with van der Waals surface area (Å²) in [7, 11) is 0. The van der Waals surface area contributed by atoms with Gasteiger partial charge in [0.25, 0.3) is 5.91 Å². The molecular formula is C17H18NO2. The van der Waals surface area contributed by atoms with Crippen molar-refractivity contribution in [2.75, 3.05) is 0 Å². The number of amides is 1. The number of rotatable bonds is 3. The van der Waals surface area contributed by atoms with Crippen molar-refractivity contribution in [3.63, 3.8) is 0 Å². The standard InChI is InChI=1S/C17H18NO2/c1-17(2,3)18-16(19)13-8-7-11-15(12-13)20-14-9-5-4-6-10-14/h4-7,9-12H,1-3H3,(H,18,19). The van der Waals surface area contributed by atoms with Crippen LogP contribution in [-0.4, -0.2) is 11.4 Å². The van der Waals surface area contributed by atoms with Gasteiger partial charge in [-0.25, -0.2) is 0 Å². The van der Waals surface area contributed by atoms with Gasteiger partial charge in [0, 0.05) is 5.54 Å². The third kappa shape index (κ3) is 4.12. The van der Waals surface area contributed by atoms with E-state index in [-0.39, 0.29) is 11.4 Å². The molecule has 3 heteroatoms. The average molecular weight is 268 g/mol. The highest BCUT2D eigenvalue weighted by Gasteiger charge is 2.15. The van der Waals surface area contributed by atoms with Gasteiger partial charge in [-0.3, -0.25) is 4.79 Å². The topological polar surface area (TPSA) is 38.3 Å². The number of hydrogen-bond donors (Lipinski definition) is 1. The molecule has 0 aliphatic carbocycles. The zero-order valence-electron chi connectivity index (χ0n) is 11.9. The Labute approximate surface area is 119 Å². The van der Waals surface area contributed by atoms with Gasteiger partial charge < -0.3 is 10.1 Å². The van der Waals surface area contributed by atoms with Gasteiger partial charge in [-0.2, -0.15) is 0 Å². The number of hydrogen-bond acceptors (Lipinski definition) is 2. The van der Waals surface area contributed by atoms with Crippen LogP contribution >= 0.6 is 0 Å². The van der Waals surface area contributed by atoms with E-state index in [1.54, 1.807) is 18.2 Å². The van der Waals surface area contributed by atoms with Crippen LogP contribution in [0, 0.1) is 6.07 Å². The Balaban J connectivity index is 2.14. The summed E-state index contributed by atoms with van der Waals surface area (Å²) in [5.41, 5.74) is 0.189. The predicted octanol–water partition coefficient (Wildman–Crippen LogP) is 3.81. The van der Waals surface area contributed by atoms with Gasteiger partial charge in [0.15, 0.2) is 0 Å². The Morgan fingerprint density at radius 3 is 2.45 bits per heavy atom. The van der Waals surface area contributed by atoms with Crippen molar-refractivity contribution in [1.29, 1.82) is 0 Å². The van der Waals surface area contributed by atoms with Crippen LogP contribution < -0.4 is 10.1 Å². The Kier molecular flexibility index (Phi) is 4.08. The van der Waals surface area contributed by atoms with Crippen LogP contribution in [0.2, 0.25) is 0 Å². The van der Waals surface area contributed by atoms with Crippen LogP contribution in [0.3, 0.4) is 0 Å². The van der Waals surface area contributed by atoms with E-state index in [1.807, 2.05) is 51.1 Å². The first-order valence-corrected chi connectivity index (χ1v) is 6.51. The fourth-order valence-corrected chi connectivity index (χ4v) is 1.67. The molecule has 103 valence electrons. The molecule has 1 amide bonds. The molecule has 0 aliphatic heterocycles. The largest absolute Gasteiger partial charge is 0.457 e. The third-order valence-electron chi connectivity index (χ3n) is 2.49. The van der Waals surface area contributed by atoms with Crippen molar-refractivity contribution in [2.24, 2.45) is 0 Å². The van der Waals surface area contributed by atoms with Crippen LogP contribution in [0.4, 0.5) is 0 Å². The molecule has 1 N–H and O–H groups in total. The maximum Gasteiger partial charge on any atom is 0.252 e. The molecule has 0 aromatic heterocycles. The maximum atomic E-state index is 12.1. The maximum absolute atomic E-state index is 12.1. The molecule has 0 bridgehead atoms. The highest BCUT2D eigenvalue weighted by molar-refractivity contribution is 5.94. The quantitative estimate of drug-likeness (QED) is 0.919. The number of carbonyl (C=O) groups excluding carboxylic acids is 1. The summed E-state index contributed by atoms with van der Waals surface area (Å²) in [5.74, 6) is 1.20. The second kappa shape index (κ2) is 5.78. The highest BCUT2D eigenvalue weighted by Crippen LogP contribution is 2.21. The second-order valence-corrected chi connectivity index (χ2v) is 5.56. The number of nitrogens with one attached hydrogen (secondary N) is 1. The van der Waals surface area contributed by atoms with Gasteiger partial charge in [0.05, 0.1) is 5.56 Å². The van der Waals surface area contributed by atoms with Crippen molar-refractivity contribution in [2.45, 2.75) is 26.3 Å². The normalized spacial score (nSPS) is 10.9. The van der Waals surface area contributed by atoms with Gasteiger partial charge in [0.1, 0.15) is 11.5 Å². The predicted molar refractivity (Wildman–Crippen MR) is 79.0 cm³/mol. The van der Waals surface area contributed by atoms with E-state index in [4.69, 9.17) is 4.74 Å². The highest BCUT2D eigenvalue weighted by atomic mass is 16.5. The van der Waals surface area contributed by atoms with E-state index >= 15 is 0 Å². The minimum atomic E-state index is -0.277. The number of benzene rings is 2. The zero-order chi connectivity index (χ0) is 14.6. The first kappa shape index (κ1) is 14.1. The van der Waals surface area contributed by atoms with Crippen LogP contribution in [-0.2, 0) is 0 Å². The van der Waals surface area contributed by atoms with Gasteiger partial charge >= 0.3 is 0 Å². The van der Waals surface area contributed by atoms with E-state index < -0.39 is 0 Å². The molecule has 0 saturated heterocycles. The van der Waals surface area contributed by atoms with E-state index in [1.165, 1.54) is 0 Å². The molecule has 0 atom stereocenters. The van der Waals surface area contributed by atoms with Gasteiger partial charge in [-0.15, -0.1) is 0 Å². The molecule has 0 unspecified atom stereocenters. The van der Waals surface area contributed by atoms with Crippen molar-refractivity contribution >= 4 is 5.91 Å². The Morgan fingerprint density at radius 2 is 1.80 bits per heavy atom. The zero-order valence-corrected chi connectivity index (χ0v) is 11.9. The molecule has 0 saturated carbocycles. The molecule has 2 rings (SSSR count). The Hall–Kier alpha value is -2.29. The fourth-order valence-electron chi connectivity index (χ4n) is 1.67. The molecule has 2 aromatic carbocycles. The lowest BCUT2D eigenvalue weighted by atomic mass is 10.1. The summed E-state index contributed by atoms with van der Waals surface area (Å²) in [6.45, 7) is 5.82. The minimum absolute atomic E-state index is 0.156. The van der Waals surface area contributed by atoms with Gasteiger partial charge in [-0.05, 0) is 57.2 Å². The summed E-state index contributed by atoms with van der Waals surface area (Å²) in [4.78, 5) is 12.1. The molecule has 20 heavy (non-hydrogen) atoms. The molecule has 1 radical (unpaired) electrons. The number of carbonyl (C=O) groups is 1. The summed E-state index contributed by atoms with van der Waals surface area (Å²) in [6.07, 6.45) is 0. The Morgan fingerprint density at radius 1 is 1.10 bits per heavy atom. The average Bonchev–Trinajstić information content (AvgIpc) is 2.38. The first-order chi connectivity index (χ1) is 9.44. The lowest BCUT2D eigenvalue weighted by Crippen LogP contribution is -2.40. The third-order valence-corrected chi connectivity index (χ3v) is 2.49. The monoisotopic (exact) mass is 268 g/mol. The smallest absolute Gasteiger partial charge is 0.252 e. The second-order valence-electron chi connectivity index (χ2n) is 5.56. The van der Waals surface area contributed by atoms with Crippen LogP contribution in [0.1, 0.15) is 31.1 Å². The van der Waals surface area contributed by atoms with Crippen molar-refractivity contribution < 1.29 is 9.53 Å². The lowest BCUT2D eigenvalue weighted by Gasteiger charge is -2.20.